The van der Waals surface area contributed by atoms with E-state index in [9.17, 15) is 9.18 Å². The molecule has 0 saturated heterocycles. The third-order valence-electron chi connectivity index (χ3n) is 5.20. The molecule has 0 N–H and O–H groups in total. The number of aromatic nitrogens is 4. The quantitative estimate of drug-likeness (QED) is 0.684. The zero-order chi connectivity index (χ0) is 20.1. The summed E-state index contributed by atoms with van der Waals surface area (Å²) in [6, 6.07) is 2.41. The van der Waals surface area contributed by atoms with Gasteiger partial charge in [0.05, 0.1) is 23.7 Å². The molecule has 0 saturated carbocycles. The molecule has 3 aromatic rings. The van der Waals surface area contributed by atoms with Gasteiger partial charge in [0.1, 0.15) is 0 Å². The van der Waals surface area contributed by atoms with Gasteiger partial charge >= 0.3 is 0 Å². The molecule has 3 aromatic heterocycles. The Morgan fingerprint density at radius 1 is 1.24 bits per heavy atom. The van der Waals surface area contributed by atoms with Gasteiger partial charge in [0.25, 0.3) is 0 Å². The van der Waals surface area contributed by atoms with E-state index in [1.165, 1.54) is 6.07 Å². The standard InChI is InChI=1S/C20H17FN6O2/c1-11-8-17(29-25-11)13-9-15(21)19-24-23-18(27(19)10-13)12(2)26-7-5-16-14(20(26)28)4-3-6-22-16/h3-10,12,14,16H,1-2H3/t12-,14?,16?/m0/s1. The first kappa shape index (κ1) is 17.5. The number of nitrogens with zero attached hydrogens (tertiary/aromatic N) is 6. The summed E-state index contributed by atoms with van der Waals surface area (Å²) in [6.45, 7) is 3.62. The molecule has 2 aliphatic rings. The Hall–Kier alpha value is -3.62. The van der Waals surface area contributed by atoms with Crippen molar-refractivity contribution in [2.45, 2.75) is 25.9 Å². The predicted octanol–water partition coefficient (Wildman–Crippen LogP) is 2.87. The number of fused-ring (bicyclic) bond motifs is 2. The third kappa shape index (κ3) is 2.77. The highest BCUT2D eigenvalue weighted by atomic mass is 19.1. The van der Waals surface area contributed by atoms with Crippen LogP contribution in [-0.2, 0) is 4.79 Å². The van der Waals surface area contributed by atoms with Crippen molar-refractivity contribution in [1.29, 1.82) is 0 Å². The lowest BCUT2D eigenvalue weighted by atomic mass is 9.93. The van der Waals surface area contributed by atoms with Crippen LogP contribution in [0.5, 0.6) is 0 Å². The Labute approximate surface area is 165 Å². The average molecular weight is 392 g/mol. The molecular formula is C20H17FN6O2. The van der Waals surface area contributed by atoms with Gasteiger partial charge in [0.15, 0.2) is 23.0 Å². The number of halogens is 1. The molecule has 0 aliphatic carbocycles. The van der Waals surface area contributed by atoms with Crippen LogP contribution < -0.4 is 0 Å². The second-order valence-electron chi connectivity index (χ2n) is 7.12. The third-order valence-corrected chi connectivity index (χ3v) is 5.20. The fraction of sp³-hybridized carbons (Fsp3) is 0.250. The molecule has 146 valence electrons. The van der Waals surface area contributed by atoms with Crippen molar-refractivity contribution in [3.8, 4) is 11.3 Å². The number of dihydropyridines is 1. The zero-order valence-corrected chi connectivity index (χ0v) is 15.7. The number of rotatable bonds is 3. The molecule has 0 aromatic carbocycles. The molecule has 1 amide bonds. The maximum Gasteiger partial charge on any atom is 0.236 e. The van der Waals surface area contributed by atoms with Crippen molar-refractivity contribution in [2.24, 2.45) is 10.9 Å². The molecule has 0 spiro atoms. The summed E-state index contributed by atoms with van der Waals surface area (Å²) < 4.78 is 21.5. The lowest BCUT2D eigenvalue weighted by Crippen LogP contribution is -2.42. The molecule has 0 radical (unpaired) electrons. The number of hydrogen-bond acceptors (Lipinski definition) is 6. The van der Waals surface area contributed by atoms with E-state index in [1.54, 1.807) is 47.0 Å². The summed E-state index contributed by atoms with van der Waals surface area (Å²) in [5.74, 6) is -0.0876. The van der Waals surface area contributed by atoms with Crippen LogP contribution in [0.15, 0.2) is 52.3 Å². The fourth-order valence-corrected chi connectivity index (χ4v) is 3.68. The molecular weight excluding hydrogens is 375 g/mol. The molecule has 0 fully saturated rings. The van der Waals surface area contributed by atoms with Crippen molar-refractivity contribution < 1.29 is 13.7 Å². The minimum atomic E-state index is -0.535. The summed E-state index contributed by atoms with van der Waals surface area (Å²) in [4.78, 5) is 18.9. The lowest BCUT2D eigenvalue weighted by molar-refractivity contribution is -0.134. The number of amides is 1. The summed E-state index contributed by atoms with van der Waals surface area (Å²) in [6.07, 6.45) is 10.6. The van der Waals surface area contributed by atoms with Crippen LogP contribution in [0.1, 0.15) is 24.5 Å². The summed E-state index contributed by atoms with van der Waals surface area (Å²) >= 11 is 0. The molecule has 2 unspecified atom stereocenters. The Kier molecular flexibility index (Phi) is 3.90. The maximum absolute atomic E-state index is 14.7. The van der Waals surface area contributed by atoms with Crippen molar-refractivity contribution >= 4 is 17.8 Å². The average Bonchev–Trinajstić information content (AvgIpc) is 3.34. The van der Waals surface area contributed by atoms with Crippen molar-refractivity contribution in [3.63, 3.8) is 0 Å². The summed E-state index contributed by atoms with van der Waals surface area (Å²) in [5.41, 5.74) is 1.29. The van der Waals surface area contributed by atoms with E-state index in [4.69, 9.17) is 4.52 Å². The Morgan fingerprint density at radius 3 is 2.90 bits per heavy atom. The van der Waals surface area contributed by atoms with E-state index < -0.39 is 11.9 Å². The van der Waals surface area contributed by atoms with Gasteiger partial charge in [-0.15, -0.1) is 10.2 Å². The highest BCUT2D eigenvalue weighted by molar-refractivity contribution is 5.87. The van der Waals surface area contributed by atoms with E-state index in [0.29, 0.717) is 22.8 Å². The smallest absolute Gasteiger partial charge is 0.236 e. The molecule has 8 nitrogen and oxygen atoms in total. The highest BCUT2D eigenvalue weighted by Crippen LogP contribution is 2.30. The first-order valence-corrected chi connectivity index (χ1v) is 9.21. The van der Waals surface area contributed by atoms with Crippen LogP contribution in [0.4, 0.5) is 4.39 Å². The number of aliphatic imine (C=N–C) groups is 1. The van der Waals surface area contributed by atoms with Crippen molar-refractivity contribution in [1.82, 2.24) is 24.7 Å². The first-order chi connectivity index (χ1) is 14.0. The van der Waals surface area contributed by atoms with Crippen LogP contribution in [-0.4, -0.2) is 42.8 Å². The molecule has 3 atom stereocenters. The molecule has 9 heteroatoms. The van der Waals surface area contributed by atoms with Gasteiger partial charge in [0, 0.05) is 30.2 Å². The van der Waals surface area contributed by atoms with Gasteiger partial charge in [-0.2, -0.15) is 0 Å². The number of carbonyl (C=O) groups excluding carboxylic acids is 1. The first-order valence-electron chi connectivity index (χ1n) is 9.21. The minimum Gasteiger partial charge on any atom is -0.356 e. The van der Waals surface area contributed by atoms with Crippen molar-refractivity contribution in [3.05, 3.63) is 60.1 Å². The Bertz CT molecular complexity index is 1210. The second-order valence-corrected chi connectivity index (χ2v) is 7.12. The maximum atomic E-state index is 14.7. The zero-order valence-electron chi connectivity index (χ0n) is 15.7. The summed E-state index contributed by atoms with van der Waals surface area (Å²) in [7, 11) is 0. The van der Waals surface area contributed by atoms with Gasteiger partial charge in [-0.3, -0.25) is 14.2 Å². The lowest BCUT2D eigenvalue weighted by Gasteiger charge is -2.34. The van der Waals surface area contributed by atoms with E-state index in [1.807, 2.05) is 19.1 Å². The predicted molar refractivity (Wildman–Crippen MR) is 102 cm³/mol. The van der Waals surface area contributed by atoms with Crippen LogP contribution >= 0.6 is 0 Å². The number of aryl methyl sites for hydroxylation is 1. The van der Waals surface area contributed by atoms with Crippen LogP contribution in [0, 0.1) is 18.7 Å². The highest BCUT2D eigenvalue weighted by Gasteiger charge is 2.36. The molecule has 0 bridgehead atoms. The monoisotopic (exact) mass is 392 g/mol. The molecule has 29 heavy (non-hydrogen) atoms. The van der Waals surface area contributed by atoms with E-state index in [-0.39, 0.29) is 23.5 Å². The normalized spacial score (nSPS) is 21.8. The van der Waals surface area contributed by atoms with E-state index in [2.05, 4.69) is 20.3 Å². The van der Waals surface area contributed by atoms with Gasteiger partial charge < -0.3 is 9.42 Å². The molecule has 2 aliphatic heterocycles. The number of pyridine rings is 1. The van der Waals surface area contributed by atoms with Crippen LogP contribution in [0.3, 0.4) is 0 Å². The second kappa shape index (κ2) is 6.47. The van der Waals surface area contributed by atoms with Gasteiger partial charge in [-0.1, -0.05) is 11.2 Å². The van der Waals surface area contributed by atoms with Crippen molar-refractivity contribution in [2.75, 3.05) is 0 Å². The van der Waals surface area contributed by atoms with E-state index >= 15 is 0 Å². The topological polar surface area (TPSA) is 88.9 Å². The van der Waals surface area contributed by atoms with E-state index in [0.717, 1.165) is 0 Å². The number of hydrogen-bond donors (Lipinski definition) is 0. The van der Waals surface area contributed by atoms with Crippen LogP contribution in [0.25, 0.3) is 17.0 Å². The summed E-state index contributed by atoms with van der Waals surface area (Å²) in [5, 5.41) is 12.0. The van der Waals surface area contributed by atoms with Gasteiger partial charge in [-0.05, 0) is 32.1 Å². The largest absolute Gasteiger partial charge is 0.356 e. The molecule has 5 heterocycles. The molecule has 5 rings (SSSR count). The number of allylic oxidation sites excluding steroid dienone is 1. The number of carbonyl (C=O) groups is 1. The minimum absolute atomic E-state index is 0.0836. The SMILES string of the molecule is Cc1cc(-c2cc(F)c3nnc([C@H](C)N4C=CC5N=CC=CC5C4=O)n3c2)on1. The fourth-order valence-electron chi connectivity index (χ4n) is 3.68. The Balaban J connectivity index is 1.56. The van der Waals surface area contributed by atoms with Gasteiger partial charge in [0.2, 0.25) is 5.91 Å². The van der Waals surface area contributed by atoms with Gasteiger partial charge in [-0.25, -0.2) is 4.39 Å². The van der Waals surface area contributed by atoms with Crippen LogP contribution in [0.2, 0.25) is 0 Å². The Morgan fingerprint density at radius 2 is 2.10 bits per heavy atom.